The number of hydrogen-bond acceptors (Lipinski definition) is 5. The quantitative estimate of drug-likeness (QED) is 0.624. The fraction of sp³-hybridized carbons (Fsp3) is 0.250. The molecule has 1 saturated heterocycles. The SMILES string of the molecule is CSc1ccc(-c2noc(C3CC(=O)N(c4ccc(F)c(C)c4)C3)n2)cc1. The zero-order chi connectivity index (χ0) is 19.0. The summed E-state index contributed by atoms with van der Waals surface area (Å²) in [6.45, 7) is 2.13. The van der Waals surface area contributed by atoms with Gasteiger partial charge in [-0.15, -0.1) is 11.8 Å². The summed E-state index contributed by atoms with van der Waals surface area (Å²) >= 11 is 1.67. The van der Waals surface area contributed by atoms with Crippen LogP contribution in [0.3, 0.4) is 0 Å². The largest absolute Gasteiger partial charge is 0.339 e. The van der Waals surface area contributed by atoms with Crippen molar-refractivity contribution >= 4 is 23.4 Å². The molecule has 0 radical (unpaired) electrons. The minimum atomic E-state index is -0.281. The van der Waals surface area contributed by atoms with Crippen LogP contribution in [0.2, 0.25) is 0 Å². The predicted octanol–water partition coefficient (Wildman–Crippen LogP) is 4.43. The number of anilines is 1. The summed E-state index contributed by atoms with van der Waals surface area (Å²) < 4.78 is 18.9. The lowest BCUT2D eigenvalue weighted by Crippen LogP contribution is -2.24. The molecule has 1 atom stereocenters. The molecule has 0 saturated carbocycles. The van der Waals surface area contributed by atoms with Crippen molar-refractivity contribution in [1.82, 2.24) is 10.1 Å². The average molecular weight is 383 g/mol. The molecule has 2 heterocycles. The first kappa shape index (κ1) is 17.7. The van der Waals surface area contributed by atoms with Gasteiger partial charge in [-0.25, -0.2) is 4.39 Å². The number of carbonyl (C=O) groups is 1. The van der Waals surface area contributed by atoms with Crippen molar-refractivity contribution in [3.8, 4) is 11.4 Å². The highest BCUT2D eigenvalue weighted by Crippen LogP contribution is 2.32. The van der Waals surface area contributed by atoms with E-state index < -0.39 is 0 Å². The summed E-state index contributed by atoms with van der Waals surface area (Å²) in [4.78, 5) is 19.7. The van der Waals surface area contributed by atoms with Crippen LogP contribution in [0.4, 0.5) is 10.1 Å². The monoisotopic (exact) mass is 383 g/mol. The molecular formula is C20H18FN3O2S. The number of hydrogen-bond donors (Lipinski definition) is 0. The summed E-state index contributed by atoms with van der Waals surface area (Å²) in [5.41, 5.74) is 2.07. The van der Waals surface area contributed by atoms with E-state index in [1.54, 1.807) is 35.7 Å². The van der Waals surface area contributed by atoms with Gasteiger partial charge in [0.2, 0.25) is 17.6 Å². The topological polar surface area (TPSA) is 59.2 Å². The van der Waals surface area contributed by atoms with Gasteiger partial charge in [-0.05, 0) is 61.2 Å². The molecule has 1 aromatic heterocycles. The minimum absolute atomic E-state index is 0.0323. The van der Waals surface area contributed by atoms with E-state index in [2.05, 4.69) is 10.1 Å². The number of benzene rings is 2. The van der Waals surface area contributed by atoms with Crippen LogP contribution in [0.1, 0.15) is 23.8 Å². The molecule has 1 aliphatic rings. The molecule has 0 N–H and O–H groups in total. The molecule has 3 aromatic rings. The van der Waals surface area contributed by atoms with E-state index in [1.165, 1.54) is 6.07 Å². The zero-order valence-electron chi connectivity index (χ0n) is 15.0. The highest BCUT2D eigenvalue weighted by molar-refractivity contribution is 7.98. The first-order chi connectivity index (χ1) is 13.0. The molecule has 1 amide bonds. The van der Waals surface area contributed by atoms with Crippen molar-refractivity contribution in [1.29, 1.82) is 0 Å². The smallest absolute Gasteiger partial charge is 0.232 e. The second-order valence-corrected chi connectivity index (χ2v) is 7.40. The third-order valence-electron chi connectivity index (χ3n) is 4.72. The number of halogens is 1. The van der Waals surface area contributed by atoms with Crippen LogP contribution in [-0.2, 0) is 4.79 Å². The van der Waals surface area contributed by atoms with E-state index in [4.69, 9.17) is 4.52 Å². The van der Waals surface area contributed by atoms with Gasteiger partial charge in [0, 0.05) is 29.1 Å². The molecule has 1 aliphatic heterocycles. The van der Waals surface area contributed by atoms with Gasteiger partial charge in [-0.1, -0.05) is 5.16 Å². The average Bonchev–Trinajstić information content (AvgIpc) is 3.31. The maximum atomic E-state index is 13.5. The summed E-state index contributed by atoms with van der Waals surface area (Å²) in [5, 5.41) is 4.06. The molecule has 27 heavy (non-hydrogen) atoms. The number of nitrogens with zero attached hydrogens (tertiary/aromatic N) is 3. The second-order valence-electron chi connectivity index (χ2n) is 6.52. The Hall–Kier alpha value is -2.67. The Morgan fingerprint density at radius 2 is 2.00 bits per heavy atom. The lowest BCUT2D eigenvalue weighted by Gasteiger charge is -2.16. The highest BCUT2D eigenvalue weighted by Gasteiger charge is 2.35. The maximum absolute atomic E-state index is 13.5. The Morgan fingerprint density at radius 1 is 1.22 bits per heavy atom. The molecule has 138 valence electrons. The predicted molar refractivity (Wildman–Crippen MR) is 102 cm³/mol. The Labute approximate surface area is 160 Å². The van der Waals surface area contributed by atoms with E-state index in [1.807, 2.05) is 30.5 Å². The first-order valence-corrected chi connectivity index (χ1v) is 9.82. The van der Waals surface area contributed by atoms with Crippen molar-refractivity contribution in [3.63, 3.8) is 0 Å². The summed E-state index contributed by atoms with van der Waals surface area (Å²) in [6, 6.07) is 12.6. The van der Waals surface area contributed by atoms with Crippen LogP contribution in [0, 0.1) is 12.7 Å². The molecule has 2 aromatic carbocycles. The summed E-state index contributed by atoms with van der Waals surface area (Å²) in [7, 11) is 0. The van der Waals surface area contributed by atoms with Crippen LogP contribution in [0.15, 0.2) is 51.9 Å². The molecular weight excluding hydrogens is 365 g/mol. The Balaban J connectivity index is 1.53. The highest BCUT2D eigenvalue weighted by atomic mass is 32.2. The van der Waals surface area contributed by atoms with Crippen molar-refractivity contribution in [2.45, 2.75) is 24.2 Å². The van der Waals surface area contributed by atoms with E-state index in [9.17, 15) is 9.18 Å². The zero-order valence-corrected chi connectivity index (χ0v) is 15.8. The van der Waals surface area contributed by atoms with Gasteiger partial charge in [-0.2, -0.15) is 4.98 Å². The van der Waals surface area contributed by atoms with Crippen LogP contribution < -0.4 is 4.90 Å². The lowest BCUT2D eigenvalue weighted by molar-refractivity contribution is -0.117. The Bertz CT molecular complexity index is 987. The third kappa shape index (κ3) is 3.47. The van der Waals surface area contributed by atoms with E-state index in [0.717, 1.165) is 10.5 Å². The number of aromatic nitrogens is 2. The first-order valence-electron chi connectivity index (χ1n) is 8.59. The number of rotatable bonds is 4. The Morgan fingerprint density at radius 3 is 2.70 bits per heavy atom. The number of aryl methyl sites for hydroxylation is 1. The van der Waals surface area contributed by atoms with Crippen LogP contribution in [0.25, 0.3) is 11.4 Å². The molecule has 4 rings (SSSR count). The molecule has 0 spiro atoms. The van der Waals surface area contributed by atoms with Crippen LogP contribution >= 0.6 is 11.8 Å². The summed E-state index contributed by atoms with van der Waals surface area (Å²) in [5.74, 6) is 0.482. The normalized spacial score (nSPS) is 16.9. The van der Waals surface area contributed by atoms with Crippen LogP contribution in [0.5, 0.6) is 0 Å². The number of thioether (sulfide) groups is 1. The third-order valence-corrected chi connectivity index (χ3v) is 5.46. The van der Waals surface area contributed by atoms with E-state index >= 15 is 0 Å². The van der Waals surface area contributed by atoms with E-state index in [0.29, 0.717) is 35.9 Å². The molecule has 1 fully saturated rings. The van der Waals surface area contributed by atoms with Gasteiger partial charge in [-0.3, -0.25) is 4.79 Å². The van der Waals surface area contributed by atoms with Gasteiger partial charge in [0.25, 0.3) is 0 Å². The second kappa shape index (κ2) is 7.15. The van der Waals surface area contributed by atoms with Gasteiger partial charge < -0.3 is 9.42 Å². The minimum Gasteiger partial charge on any atom is -0.339 e. The van der Waals surface area contributed by atoms with Gasteiger partial charge in [0.15, 0.2) is 0 Å². The van der Waals surface area contributed by atoms with Gasteiger partial charge in [0.1, 0.15) is 5.82 Å². The van der Waals surface area contributed by atoms with Crippen molar-refractivity contribution in [3.05, 3.63) is 59.7 Å². The number of carbonyl (C=O) groups excluding carboxylic acids is 1. The molecule has 5 nitrogen and oxygen atoms in total. The molecule has 0 bridgehead atoms. The fourth-order valence-corrected chi connectivity index (χ4v) is 3.59. The van der Waals surface area contributed by atoms with E-state index in [-0.39, 0.29) is 17.6 Å². The lowest BCUT2D eigenvalue weighted by atomic mass is 10.1. The fourth-order valence-electron chi connectivity index (χ4n) is 3.18. The van der Waals surface area contributed by atoms with Crippen molar-refractivity contribution in [2.75, 3.05) is 17.7 Å². The number of amides is 1. The van der Waals surface area contributed by atoms with Gasteiger partial charge >= 0.3 is 0 Å². The van der Waals surface area contributed by atoms with Crippen molar-refractivity contribution in [2.24, 2.45) is 0 Å². The maximum Gasteiger partial charge on any atom is 0.232 e. The van der Waals surface area contributed by atoms with Crippen LogP contribution in [-0.4, -0.2) is 28.8 Å². The standard InChI is InChI=1S/C20H18FN3O2S/c1-12-9-15(5-8-17(12)21)24-11-14(10-18(24)25)20-22-19(23-26-20)13-3-6-16(27-2)7-4-13/h3-9,14H,10-11H2,1-2H3. The van der Waals surface area contributed by atoms with Crippen molar-refractivity contribution < 1.29 is 13.7 Å². The molecule has 1 unspecified atom stereocenters. The van der Waals surface area contributed by atoms with Gasteiger partial charge in [0.05, 0.1) is 5.92 Å². The summed E-state index contributed by atoms with van der Waals surface area (Å²) in [6.07, 6.45) is 2.32. The molecule has 7 heteroatoms. The Kier molecular flexibility index (Phi) is 4.70. The molecule has 0 aliphatic carbocycles.